The Hall–Kier alpha value is -2.06. The average Bonchev–Trinajstić information content (AvgIpc) is 2.95. The topological polar surface area (TPSA) is 82.9 Å². The molecule has 23 heavy (non-hydrogen) atoms. The molecule has 1 aliphatic rings. The highest BCUT2D eigenvalue weighted by Gasteiger charge is 2.25. The zero-order chi connectivity index (χ0) is 16.4. The zero-order valence-electron chi connectivity index (χ0n) is 12.9. The van der Waals surface area contributed by atoms with Crippen LogP contribution in [0.5, 0.6) is 0 Å². The Morgan fingerprint density at radius 1 is 1.22 bits per heavy atom. The summed E-state index contributed by atoms with van der Waals surface area (Å²) in [5, 5.41) is 3.84. The van der Waals surface area contributed by atoms with Crippen LogP contribution in [0.4, 0.5) is 4.79 Å². The number of nitrogens with zero attached hydrogens (tertiary/aromatic N) is 2. The van der Waals surface area contributed by atoms with Crippen molar-refractivity contribution in [1.29, 1.82) is 0 Å². The molecule has 1 aromatic heterocycles. The van der Waals surface area contributed by atoms with Crippen LogP contribution >= 0.6 is 0 Å². The molecular formula is C15H19N3O4S. The van der Waals surface area contributed by atoms with E-state index in [-0.39, 0.29) is 6.03 Å². The third-order valence-corrected chi connectivity index (χ3v) is 5.29. The molecule has 0 saturated carbocycles. The van der Waals surface area contributed by atoms with Crippen molar-refractivity contribution in [3.8, 4) is 0 Å². The number of hydrogen-bond donors (Lipinski definition) is 1. The van der Waals surface area contributed by atoms with E-state index in [9.17, 15) is 13.2 Å². The first-order valence-electron chi connectivity index (χ1n) is 7.38. The summed E-state index contributed by atoms with van der Waals surface area (Å²) in [6.07, 6.45) is 2.83. The first kappa shape index (κ1) is 15.8. The van der Waals surface area contributed by atoms with Gasteiger partial charge in [-0.25, -0.2) is 13.2 Å². The zero-order valence-corrected chi connectivity index (χ0v) is 13.7. The van der Waals surface area contributed by atoms with Gasteiger partial charge in [-0.05, 0) is 6.07 Å². The van der Waals surface area contributed by atoms with E-state index < -0.39 is 10.0 Å². The molecular weight excluding hydrogens is 318 g/mol. The molecule has 0 aliphatic carbocycles. The molecule has 0 unspecified atom stereocenters. The van der Waals surface area contributed by atoms with Gasteiger partial charge in [0.05, 0.1) is 12.5 Å². The van der Waals surface area contributed by atoms with Gasteiger partial charge in [-0.3, -0.25) is 0 Å². The molecule has 2 heterocycles. The van der Waals surface area contributed by atoms with Crippen molar-refractivity contribution in [2.75, 3.05) is 32.4 Å². The van der Waals surface area contributed by atoms with E-state index in [1.807, 2.05) is 24.3 Å². The Morgan fingerprint density at radius 3 is 2.61 bits per heavy atom. The number of furan rings is 1. The molecule has 1 fully saturated rings. The first-order chi connectivity index (χ1) is 10.9. The van der Waals surface area contributed by atoms with Crippen LogP contribution in [0.3, 0.4) is 0 Å². The Kier molecular flexibility index (Phi) is 4.27. The molecule has 1 aromatic carbocycles. The highest BCUT2D eigenvalue weighted by molar-refractivity contribution is 7.88. The maximum Gasteiger partial charge on any atom is 0.317 e. The van der Waals surface area contributed by atoms with E-state index in [0.29, 0.717) is 32.7 Å². The lowest BCUT2D eigenvalue weighted by atomic mass is 10.2. The molecule has 7 nitrogen and oxygen atoms in total. The lowest BCUT2D eigenvalue weighted by Gasteiger charge is -2.33. The van der Waals surface area contributed by atoms with E-state index in [1.54, 1.807) is 11.2 Å². The second-order valence-corrected chi connectivity index (χ2v) is 7.55. The Bertz CT molecular complexity index is 807. The summed E-state index contributed by atoms with van der Waals surface area (Å²) < 4.78 is 29.8. The molecule has 124 valence electrons. The Balaban J connectivity index is 1.56. The molecule has 1 saturated heterocycles. The number of nitrogens with one attached hydrogen (secondary N) is 1. The van der Waals surface area contributed by atoms with Crippen LogP contribution in [-0.2, 0) is 16.6 Å². The van der Waals surface area contributed by atoms with Gasteiger partial charge < -0.3 is 14.6 Å². The number of hydrogen-bond acceptors (Lipinski definition) is 4. The normalized spacial score (nSPS) is 16.7. The number of rotatable bonds is 3. The van der Waals surface area contributed by atoms with E-state index in [4.69, 9.17) is 4.42 Å². The van der Waals surface area contributed by atoms with Crippen molar-refractivity contribution in [3.63, 3.8) is 0 Å². The molecule has 2 amide bonds. The standard InChI is InChI=1S/C15H19N3O4S/c1-23(20,21)18-8-6-17(7-9-18)15(19)16-10-12-11-22-14-5-3-2-4-13(12)14/h2-5,11H,6-10H2,1H3,(H,16,19). The van der Waals surface area contributed by atoms with Crippen molar-refractivity contribution < 1.29 is 17.6 Å². The predicted octanol–water partition coefficient (Wildman–Crippen LogP) is 1.22. The molecule has 2 aromatic rings. The number of benzene rings is 1. The minimum absolute atomic E-state index is 0.191. The van der Waals surface area contributed by atoms with Gasteiger partial charge in [0.25, 0.3) is 0 Å². The summed E-state index contributed by atoms with van der Waals surface area (Å²) >= 11 is 0. The number of sulfonamides is 1. The fraction of sp³-hybridized carbons (Fsp3) is 0.400. The van der Waals surface area contributed by atoms with Crippen molar-refractivity contribution in [2.24, 2.45) is 0 Å². The van der Waals surface area contributed by atoms with Crippen molar-refractivity contribution in [3.05, 3.63) is 36.1 Å². The summed E-state index contributed by atoms with van der Waals surface area (Å²) in [5.74, 6) is 0. The summed E-state index contributed by atoms with van der Waals surface area (Å²) in [6.45, 7) is 1.83. The molecule has 0 bridgehead atoms. The largest absolute Gasteiger partial charge is 0.464 e. The first-order valence-corrected chi connectivity index (χ1v) is 9.23. The van der Waals surface area contributed by atoms with Crippen LogP contribution in [0.1, 0.15) is 5.56 Å². The number of para-hydroxylation sites is 1. The van der Waals surface area contributed by atoms with Gasteiger partial charge in [0.1, 0.15) is 5.58 Å². The fourth-order valence-electron chi connectivity index (χ4n) is 2.68. The lowest BCUT2D eigenvalue weighted by Crippen LogP contribution is -2.52. The Labute approximate surface area is 134 Å². The van der Waals surface area contributed by atoms with Crippen LogP contribution in [-0.4, -0.2) is 56.1 Å². The number of urea groups is 1. The average molecular weight is 337 g/mol. The monoisotopic (exact) mass is 337 g/mol. The second-order valence-electron chi connectivity index (χ2n) is 5.56. The third-order valence-electron chi connectivity index (χ3n) is 3.99. The molecule has 0 spiro atoms. The quantitative estimate of drug-likeness (QED) is 0.913. The van der Waals surface area contributed by atoms with Gasteiger partial charge in [-0.2, -0.15) is 4.31 Å². The van der Waals surface area contributed by atoms with Crippen LogP contribution in [0.2, 0.25) is 0 Å². The number of piperazine rings is 1. The van der Waals surface area contributed by atoms with Crippen molar-refractivity contribution in [1.82, 2.24) is 14.5 Å². The molecule has 0 radical (unpaired) electrons. The van der Waals surface area contributed by atoms with Crippen molar-refractivity contribution in [2.45, 2.75) is 6.54 Å². The summed E-state index contributed by atoms with van der Waals surface area (Å²) in [6, 6.07) is 7.46. The van der Waals surface area contributed by atoms with E-state index in [1.165, 1.54) is 10.6 Å². The number of fused-ring (bicyclic) bond motifs is 1. The van der Waals surface area contributed by atoms with Crippen LogP contribution < -0.4 is 5.32 Å². The minimum Gasteiger partial charge on any atom is -0.464 e. The highest BCUT2D eigenvalue weighted by atomic mass is 32.2. The molecule has 3 rings (SSSR count). The van der Waals surface area contributed by atoms with E-state index >= 15 is 0 Å². The van der Waals surface area contributed by atoms with E-state index in [2.05, 4.69) is 5.32 Å². The van der Waals surface area contributed by atoms with Gasteiger partial charge in [0.15, 0.2) is 0 Å². The summed E-state index contributed by atoms with van der Waals surface area (Å²) in [4.78, 5) is 13.8. The minimum atomic E-state index is -3.18. The van der Waals surface area contributed by atoms with Gasteiger partial charge in [-0.15, -0.1) is 0 Å². The van der Waals surface area contributed by atoms with Crippen LogP contribution in [0.15, 0.2) is 34.9 Å². The number of carbonyl (C=O) groups is 1. The van der Waals surface area contributed by atoms with E-state index in [0.717, 1.165) is 16.5 Å². The molecule has 1 N–H and O–H groups in total. The Morgan fingerprint density at radius 2 is 1.91 bits per heavy atom. The maximum absolute atomic E-state index is 12.2. The van der Waals surface area contributed by atoms with Crippen molar-refractivity contribution >= 4 is 27.0 Å². The van der Waals surface area contributed by atoms with Gasteiger partial charge in [0.2, 0.25) is 10.0 Å². The summed E-state index contributed by atoms with van der Waals surface area (Å²) in [7, 11) is -3.18. The van der Waals surface area contributed by atoms with Gasteiger partial charge in [0, 0.05) is 43.7 Å². The smallest absolute Gasteiger partial charge is 0.317 e. The summed E-state index contributed by atoms with van der Waals surface area (Å²) in [5.41, 5.74) is 1.71. The van der Waals surface area contributed by atoms with Crippen LogP contribution in [0.25, 0.3) is 11.0 Å². The SMILES string of the molecule is CS(=O)(=O)N1CCN(C(=O)NCc2coc3ccccc23)CC1. The second kappa shape index (κ2) is 6.21. The molecule has 8 heteroatoms. The third kappa shape index (κ3) is 3.48. The number of amides is 2. The molecule has 0 atom stereocenters. The van der Waals surface area contributed by atoms with Gasteiger partial charge in [-0.1, -0.05) is 18.2 Å². The van der Waals surface area contributed by atoms with Crippen LogP contribution in [0, 0.1) is 0 Å². The molecule has 1 aliphatic heterocycles. The predicted molar refractivity (Wildman–Crippen MR) is 86.4 cm³/mol. The maximum atomic E-state index is 12.2. The van der Waals surface area contributed by atoms with Gasteiger partial charge >= 0.3 is 6.03 Å². The lowest BCUT2D eigenvalue weighted by molar-refractivity contribution is 0.172. The highest BCUT2D eigenvalue weighted by Crippen LogP contribution is 2.20. The number of carbonyl (C=O) groups excluding carboxylic acids is 1. The fourth-order valence-corrected chi connectivity index (χ4v) is 3.50.